The van der Waals surface area contributed by atoms with Crippen molar-refractivity contribution in [3.05, 3.63) is 65.7 Å². The molecule has 0 bridgehead atoms. The summed E-state index contributed by atoms with van der Waals surface area (Å²) in [6, 6.07) is 17.5. The minimum absolute atomic E-state index is 0.0473. The maximum absolute atomic E-state index is 11.8. The lowest BCUT2D eigenvalue weighted by Crippen LogP contribution is -2.15. The zero-order valence-electron chi connectivity index (χ0n) is 12.7. The summed E-state index contributed by atoms with van der Waals surface area (Å²) >= 11 is 0. The van der Waals surface area contributed by atoms with Crippen molar-refractivity contribution < 1.29 is 9.53 Å². The van der Waals surface area contributed by atoms with E-state index in [9.17, 15) is 4.79 Å². The molecular weight excluding hydrogens is 262 g/mol. The van der Waals surface area contributed by atoms with Crippen LogP contribution < -0.4 is 5.32 Å². The summed E-state index contributed by atoms with van der Waals surface area (Å²) in [4.78, 5) is 11.8. The molecule has 0 unspecified atom stereocenters. The van der Waals surface area contributed by atoms with E-state index in [1.807, 2.05) is 48.5 Å². The summed E-state index contributed by atoms with van der Waals surface area (Å²) in [6.45, 7) is 6.69. The third kappa shape index (κ3) is 4.63. The Balaban J connectivity index is 1.94. The Hall–Kier alpha value is -2.29. The first-order valence-electron chi connectivity index (χ1n) is 7.03. The standard InChI is InChI=1S/C18H21NO2/c1-18(2,3)15-10-7-11-16(12-15)19-17(20)21-13-14-8-5-4-6-9-14/h4-12H,13H2,1-3H3,(H,19,20). The molecule has 0 spiro atoms. The van der Waals surface area contributed by atoms with Crippen molar-refractivity contribution in [3.8, 4) is 0 Å². The molecule has 0 fully saturated rings. The van der Waals surface area contributed by atoms with E-state index in [-0.39, 0.29) is 12.0 Å². The molecule has 2 aromatic rings. The number of amides is 1. The smallest absolute Gasteiger partial charge is 0.411 e. The second-order valence-electron chi connectivity index (χ2n) is 6.02. The predicted molar refractivity (Wildman–Crippen MR) is 85.4 cm³/mol. The van der Waals surface area contributed by atoms with Crippen molar-refractivity contribution in [2.24, 2.45) is 0 Å². The van der Waals surface area contributed by atoms with E-state index in [0.29, 0.717) is 0 Å². The van der Waals surface area contributed by atoms with Crippen LogP contribution in [0.3, 0.4) is 0 Å². The molecule has 1 N–H and O–H groups in total. The molecule has 2 rings (SSSR count). The van der Waals surface area contributed by atoms with Crippen molar-refractivity contribution >= 4 is 11.8 Å². The number of anilines is 1. The normalized spacial score (nSPS) is 11.0. The van der Waals surface area contributed by atoms with Crippen LogP contribution in [0.15, 0.2) is 54.6 Å². The Kier molecular flexibility index (Phi) is 4.63. The number of hydrogen-bond acceptors (Lipinski definition) is 2. The van der Waals surface area contributed by atoms with E-state index in [1.54, 1.807) is 0 Å². The van der Waals surface area contributed by atoms with Crippen molar-refractivity contribution in [3.63, 3.8) is 0 Å². The van der Waals surface area contributed by atoms with Gasteiger partial charge in [0.25, 0.3) is 0 Å². The van der Waals surface area contributed by atoms with Crippen molar-refractivity contribution in [1.29, 1.82) is 0 Å². The molecular formula is C18H21NO2. The molecule has 2 aromatic carbocycles. The third-order valence-electron chi connectivity index (χ3n) is 3.19. The van der Waals surface area contributed by atoms with Crippen LogP contribution in [0.25, 0.3) is 0 Å². The fraction of sp³-hybridized carbons (Fsp3) is 0.278. The number of benzene rings is 2. The number of rotatable bonds is 3. The Morgan fingerprint density at radius 2 is 1.76 bits per heavy atom. The monoisotopic (exact) mass is 283 g/mol. The number of hydrogen-bond donors (Lipinski definition) is 1. The lowest BCUT2D eigenvalue weighted by atomic mass is 9.87. The molecule has 21 heavy (non-hydrogen) atoms. The van der Waals surface area contributed by atoms with Crippen LogP contribution in [0.4, 0.5) is 10.5 Å². The number of nitrogens with one attached hydrogen (secondary N) is 1. The Morgan fingerprint density at radius 3 is 2.43 bits per heavy atom. The van der Waals surface area contributed by atoms with Crippen LogP contribution in [0, 0.1) is 0 Å². The van der Waals surface area contributed by atoms with Crippen molar-refractivity contribution in [1.82, 2.24) is 0 Å². The number of carbonyl (C=O) groups is 1. The molecule has 0 saturated carbocycles. The molecule has 1 amide bonds. The van der Waals surface area contributed by atoms with Gasteiger partial charge in [-0.3, -0.25) is 5.32 Å². The van der Waals surface area contributed by atoms with Gasteiger partial charge in [-0.1, -0.05) is 63.2 Å². The van der Waals surface area contributed by atoms with Gasteiger partial charge in [0, 0.05) is 5.69 Å². The average Bonchev–Trinajstić information content (AvgIpc) is 2.46. The van der Waals surface area contributed by atoms with Gasteiger partial charge in [-0.05, 0) is 28.7 Å². The summed E-state index contributed by atoms with van der Waals surface area (Å²) in [5, 5.41) is 2.76. The van der Waals surface area contributed by atoms with Crippen LogP contribution in [0.1, 0.15) is 31.9 Å². The van der Waals surface area contributed by atoms with E-state index in [4.69, 9.17) is 4.74 Å². The average molecular weight is 283 g/mol. The van der Waals surface area contributed by atoms with Gasteiger partial charge in [0.1, 0.15) is 6.61 Å². The summed E-state index contributed by atoms with van der Waals surface area (Å²) in [7, 11) is 0. The van der Waals surface area contributed by atoms with Gasteiger partial charge in [0.15, 0.2) is 0 Å². The summed E-state index contributed by atoms with van der Waals surface area (Å²) < 4.78 is 5.21. The number of carbonyl (C=O) groups excluding carboxylic acids is 1. The second-order valence-corrected chi connectivity index (χ2v) is 6.02. The van der Waals surface area contributed by atoms with E-state index in [0.717, 1.165) is 11.3 Å². The van der Waals surface area contributed by atoms with Crippen LogP contribution in [0.2, 0.25) is 0 Å². The van der Waals surface area contributed by atoms with Crippen LogP contribution in [-0.2, 0) is 16.8 Å². The first kappa shape index (κ1) is 15.1. The molecule has 0 aromatic heterocycles. The zero-order chi connectivity index (χ0) is 15.3. The van der Waals surface area contributed by atoms with Crippen molar-refractivity contribution in [2.75, 3.05) is 5.32 Å². The maximum Gasteiger partial charge on any atom is 0.411 e. The Bertz CT molecular complexity index is 600. The molecule has 0 saturated heterocycles. The summed E-state index contributed by atoms with van der Waals surface area (Å²) in [6.07, 6.45) is -0.440. The zero-order valence-corrected chi connectivity index (χ0v) is 12.7. The Labute approximate surface area is 126 Å². The van der Waals surface area contributed by atoms with Gasteiger partial charge >= 0.3 is 6.09 Å². The van der Waals surface area contributed by atoms with E-state index in [1.165, 1.54) is 5.56 Å². The molecule has 3 nitrogen and oxygen atoms in total. The van der Waals surface area contributed by atoms with Crippen LogP contribution >= 0.6 is 0 Å². The highest BCUT2D eigenvalue weighted by molar-refractivity contribution is 5.84. The van der Waals surface area contributed by atoms with Crippen molar-refractivity contribution in [2.45, 2.75) is 32.8 Å². The van der Waals surface area contributed by atoms with Crippen LogP contribution in [-0.4, -0.2) is 6.09 Å². The van der Waals surface area contributed by atoms with E-state index in [2.05, 4.69) is 32.2 Å². The highest BCUT2D eigenvalue weighted by Crippen LogP contribution is 2.24. The van der Waals surface area contributed by atoms with Gasteiger partial charge in [0.2, 0.25) is 0 Å². The lowest BCUT2D eigenvalue weighted by Gasteiger charge is -2.19. The van der Waals surface area contributed by atoms with Gasteiger partial charge in [0.05, 0.1) is 0 Å². The molecule has 0 heterocycles. The molecule has 0 atom stereocenters. The largest absolute Gasteiger partial charge is 0.444 e. The fourth-order valence-electron chi connectivity index (χ4n) is 1.94. The van der Waals surface area contributed by atoms with Gasteiger partial charge in [-0.15, -0.1) is 0 Å². The first-order valence-corrected chi connectivity index (χ1v) is 7.03. The van der Waals surface area contributed by atoms with E-state index < -0.39 is 6.09 Å². The maximum atomic E-state index is 11.8. The number of ether oxygens (including phenoxy) is 1. The minimum atomic E-state index is -0.440. The van der Waals surface area contributed by atoms with Gasteiger partial charge in [-0.25, -0.2) is 4.79 Å². The van der Waals surface area contributed by atoms with Gasteiger partial charge < -0.3 is 4.74 Å². The van der Waals surface area contributed by atoms with E-state index >= 15 is 0 Å². The quantitative estimate of drug-likeness (QED) is 0.884. The molecule has 3 heteroatoms. The molecule has 110 valence electrons. The summed E-state index contributed by atoms with van der Waals surface area (Å²) in [5.74, 6) is 0. The highest BCUT2D eigenvalue weighted by atomic mass is 16.5. The molecule has 0 radical (unpaired) electrons. The van der Waals surface area contributed by atoms with Crippen LogP contribution in [0.5, 0.6) is 0 Å². The molecule has 0 aliphatic carbocycles. The SMILES string of the molecule is CC(C)(C)c1cccc(NC(=O)OCc2ccccc2)c1. The predicted octanol–water partition coefficient (Wildman–Crippen LogP) is 4.73. The summed E-state index contributed by atoms with van der Waals surface area (Å²) in [5.41, 5.74) is 2.94. The second kappa shape index (κ2) is 6.44. The minimum Gasteiger partial charge on any atom is -0.444 e. The fourth-order valence-corrected chi connectivity index (χ4v) is 1.94. The Morgan fingerprint density at radius 1 is 1.05 bits per heavy atom. The highest BCUT2D eigenvalue weighted by Gasteiger charge is 2.14. The third-order valence-corrected chi connectivity index (χ3v) is 3.19. The topological polar surface area (TPSA) is 38.3 Å². The van der Waals surface area contributed by atoms with Gasteiger partial charge in [-0.2, -0.15) is 0 Å². The molecule has 0 aliphatic heterocycles. The lowest BCUT2D eigenvalue weighted by molar-refractivity contribution is 0.155. The molecule has 0 aliphatic rings. The first-order chi connectivity index (χ1) is 9.95.